The van der Waals surface area contributed by atoms with E-state index in [1.165, 1.54) is 5.56 Å². The van der Waals surface area contributed by atoms with Crippen LogP contribution < -0.4 is 4.90 Å². The molecule has 3 rings (SSSR count). The van der Waals surface area contributed by atoms with E-state index < -0.39 is 0 Å². The van der Waals surface area contributed by atoms with Gasteiger partial charge in [-0.3, -0.25) is 4.57 Å². The van der Waals surface area contributed by atoms with Crippen LogP contribution in [-0.2, 0) is 7.05 Å². The summed E-state index contributed by atoms with van der Waals surface area (Å²) in [6.07, 6.45) is 0. The number of hydrogen-bond acceptors (Lipinski definition) is 3. The first-order valence-electron chi connectivity index (χ1n) is 7.41. The normalized spacial score (nSPS) is 12.1. The predicted octanol–water partition coefficient (Wildman–Crippen LogP) is 3.68. The Morgan fingerprint density at radius 3 is 2.14 bits per heavy atom. The summed E-state index contributed by atoms with van der Waals surface area (Å²) in [6, 6.07) is 20.8. The Hall–Kier alpha value is -2.62. The van der Waals surface area contributed by atoms with E-state index in [4.69, 9.17) is 0 Å². The molecule has 0 fully saturated rings. The lowest BCUT2D eigenvalue weighted by atomic mass is 10.1. The number of benzene rings is 2. The van der Waals surface area contributed by atoms with Gasteiger partial charge in [-0.1, -0.05) is 60.7 Å². The monoisotopic (exact) mass is 292 g/mol. The van der Waals surface area contributed by atoms with Crippen molar-refractivity contribution in [2.75, 3.05) is 11.9 Å². The van der Waals surface area contributed by atoms with Gasteiger partial charge in [0.15, 0.2) is 5.82 Å². The Balaban J connectivity index is 1.91. The molecule has 0 saturated heterocycles. The van der Waals surface area contributed by atoms with E-state index in [-0.39, 0.29) is 6.04 Å². The molecule has 4 nitrogen and oxygen atoms in total. The largest absolute Gasteiger partial charge is 0.337 e. The first kappa shape index (κ1) is 14.3. The van der Waals surface area contributed by atoms with Crippen LogP contribution in [0.1, 0.15) is 18.5 Å². The number of anilines is 1. The summed E-state index contributed by atoms with van der Waals surface area (Å²) in [5.74, 6) is 1.73. The van der Waals surface area contributed by atoms with Gasteiger partial charge in [0.1, 0.15) is 0 Å². The number of nitrogens with zero attached hydrogens (tertiary/aromatic N) is 4. The molecule has 0 spiro atoms. The summed E-state index contributed by atoms with van der Waals surface area (Å²) in [6.45, 7) is 2.17. The van der Waals surface area contributed by atoms with Gasteiger partial charge in [0.25, 0.3) is 0 Å². The fraction of sp³-hybridized carbons (Fsp3) is 0.222. The molecule has 0 unspecified atom stereocenters. The van der Waals surface area contributed by atoms with Crippen LogP contribution in [0.5, 0.6) is 0 Å². The zero-order valence-corrected chi connectivity index (χ0v) is 13.1. The molecule has 112 valence electrons. The maximum atomic E-state index is 4.38. The van der Waals surface area contributed by atoms with E-state index in [2.05, 4.69) is 65.5 Å². The molecular weight excluding hydrogens is 272 g/mol. The van der Waals surface area contributed by atoms with Crippen molar-refractivity contribution in [2.24, 2.45) is 7.05 Å². The maximum Gasteiger partial charge on any atom is 0.227 e. The van der Waals surface area contributed by atoms with Gasteiger partial charge in [-0.25, -0.2) is 0 Å². The van der Waals surface area contributed by atoms with Crippen molar-refractivity contribution in [1.29, 1.82) is 0 Å². The van der Waals surface area contributed by atoms with Crippen LogP contribution in [-0.4, -0.2) is 21.8 Å². The second-order valence-corrected chi connectivity index (χ2v) is 5.45. The van der Waals surface area contributed by atoms with Gasteiger partial charge in [-0.05, 0) is 12.5 Å². The molecule has 1 atom stereocenters. The number of rotatable bonds is 4. The van der Waals surface area contributed by atoms with Crippen molar-refractivity contribution < 1.29 is 0 Å². The van der Waals surface area contributed by atoms with E-state index in [0.29, 0.717) is 0 Å². The standard InChI is InChI=1S/C18H20N4/c1-14(15-10-6-4-7-11-15)21(2)18-20-19-17(22(18)3)16-12-8-5-9-13-16/h4-14H,1-3H3/t14-/m1/s1. The Kier molecular flexibility index (Phi) is 3.92. The van der Waals surface area contributed by atoms with E-state index >= 15 is 0 Å². The highest BCUT2D eigenvalue weighted by Crippen LogP contribution is 2.26. The molecule has 0 bridgehead atoms. The van der Waals surface area contributed by atoms with Gasteiger partial charge in [0, 0.05) is 19.7 Å². The molecule has 2 aromatic carbocycles. The minimum Gasteiger partial charge on any atom is -0.337 e. The van der Waals surface area contributed by atoms with Gasteiger partial charge in [0.2, 0.25) is 5.95 Å². The van der Waals surface area contributed by atoms with Crippen molar-refractivity contribution >= 4 is 5.95 Å². The molecule has 1 aromatic heterocycles. The Labute approximate surface area is 131 Å². The van der Waals surface area contributed by atoms with Crippen LogP contribution in [0.4, 0.5) is 5.95 Å². The van der Waals surface area contributed by atoms with Crippen molar-refractivity contribution in [3.05, 3.63) is 66.2 Å². The molecule has 0 saturated carbocycles. The quantitative estimate of drug-likeness (QED) is 0.735. The molecule has 0 aliphatic rings. The van der Waals surface area contributed by atoms with Crippen LogP contribution in [0.15, 0.2) is 60.7 Å². The van der Waals surface area contributed by atoms with Crippen LogP contribution >= 0.6 is 0 Å². The van der Waals surface area contributed by atoms with Crippen molar-refractivity contribution in [3.63, 3.8) is 0 Å². The van der Waals surface area contributed by atoms with E-state index in [9.17, 15) is 0 Å². The minimum atomic E-state index is 0.229. The van der Waals surface area contributed by atoms with Crippen LogP contribution in [0.3, 0.4) is 0 Å². The average molecular weight is 292 g/mol. The minimum absolute atomic E-state index is 0.229. The average Bonchev–Trinajstić information content (AvgIpc) is 2.96. The van der Waals surface area contributed by atoms with Crippen LogP contribution in [0, 0.1) is 0 Å². The second kappa shape index (κ2) is 6.02. The Morgan fingerprint density at radius 1 is 0.909 bits per heavy atom. The van der Waals surface area contributed by atoms with Gasteiger partial charge in [-0.15, -0.1) is 10.2 Å². The molecule has 0 aliphatic carbocycles. The summed E-state index contributed by atoms with van der Waals surface area (Å²) >= 11 is 0. The highest BCUT2D eigenvalue weighted by Gasteiger charge is 2.19. The van der Waals surface area contributed by atoms with Gasteiger partial charge >= 0.3 is 0 Å². The van der Waals surface area contributed by atoms with Crippen molar-refractivity contribution in [3.8, 4) is 11.4 Å². The highest BCUT2D eigenvalue weighted by atomic mass is 15.4. The summed E-state index contributed by atoms with van der Waals surface area (Å²) in [7, 11) is 4.06. The zero-order valence-electron chi connectivity index (χ0n) is 13.1. The Morgan fingerprint density at radius 2 is 1.50 bits per heavy atom. The summed E-state index contributed by atoms with van der Waals surface area (Å²) in [5, 5.41) is 8.73. The smallest absolute Gasteiger partial charge is 0.227 e. The van der Waals surface area contributed by atoms with Gasteiger partial charge in [0.05, 0.1) is 6.04 Å². The maximum absolute atomic E-state index is 4.38. The Bertz CT molecular complexity index is 734. The lowest BCUT2D eigenvalue weighted by molar-refractivity contribution is 0.695. The molecule has 22 heavy (non-hydrogen) atoms. The van der Waals surface area contributed by atoms with E-state index in [1.807, 2.05) is 35.9 Å². The van der Waals surface area contributed by atoms with Crippen LogP contribution in [0.25, 0.3) is 11.4 Å². The zero-order chi connectivity index (χ0) is 15.5. The van der Waals surface area contributed by atoms with Crippen molar-refractivity contribution in [1.82, 2.24) is 14.8 Å². The predicted molar refractivity (Wildman–Crippen MR) is 89.7 cm³/mol. The molecule has 0 aliphatic heterocycles. The summed E-state index contributed by atoms with van der Waals surface area (Å²) in [5.41, 5.74) is 2.33. The number of hydrogen-bond donors (Lipinski definition) is 0. The number of aromatic nitrogens is 3. The first-order valence-corrected chi connectivity index (χ1v) is 7.41. The fourth-order valence-electron chi connectivity index (χ4n) is 2.60. The molecule has 3 aromatic rings. The molecule has 0 N–H and O–H groups in total. The molecular formula is C18H20N4. The molecule has 4 heteroatoms. The topological polar surface area (TPSA) is 34.0 Å². The third-order valence-electron chi connectivity index (χ3n) is 4.06. The van der Waals surface area contributed by atoms with Crippen LogP contribution in [0.2, 0.25) is 0 Å². The third-order valence-corrected chi connectivity index (χ3v) is 4.06. The van der Waals surface area contributed by atoms with Gasteiger partial charge < -0.3 is 4.90 Å². The van der Waals surface area contributed by atoms with E-state index in [0.717, 1.165) is 17.3 Å². The first-order chi connectivity index (χ1) is 10.7. The molecule has 1 heterocycles. The van der Waals surface area contributed by atoms with E-state index in [1.54, 1.807) is 0 Å². The van der Waals surface area contributed by atoms with Crippen molar-refractivity contribution in [2.45, 2.75) is 13.0 Å². The summed E-state index contributed by atoms with van der Waals surface area (Å²) < 4.78 is 2.04. The third kappa shape index (κ3) is 2.60. The second-order valence-electron chi connectivity index (χ2n) is 5.45. The summed E-state index contributed by atoms with van der Waals surface area (Å²) in [4.78, 5) is 2.15. The molecule has 0 radical (unpaired) electrons. The molecule has 0 amide bonds. The lowest BCUT2D eigenvalue weighted by Crippen LogP contribution is -2.24. The van der Waals surface area contributed by atoms with Gasteiger partial charge in [-0.2, -0.15) is 0 Å². The fourth-order valence-corrected chi connectivity index (χ4v) is 2.60. The highest BCUT2D eigenvalue weighted by molar-refractivity contribution is 5.57. The SMILES string of the molecule is C[C@H](c1ccccc1)N(C)c1nnc(-c2ccccc2)n1C. The lowest BCUT2D eigenvalue weighted by Gasteiger charge is -2.25.